The highest BCUT2D eigenvalue weighted by Gasteiger charge is 2.39. The number of rotatable bonds is 5. The molecule has 252 valence electrons. The summed E-state index contributed by atoms with van der Waals surface area (Å²) in [5.74, 6) is 3.38. The molecule has 0 atom stereocenters. The lowest BCUT2D eigenvalue weighted by molar-refractivity contribution is 0.360. The van der Waals surface area contributed by atoms with E-state index in [0.717, 1.165) is 56.3 Å². The van der Waals surface area contributed by atoms with Gasteiger partial charge in [-0.1, -0.05) is 153 Å². The van der Waals surface area contributed by atoms with Gasteiger partial charge in [-0.25, -0.2) is 9.97 Å². The Morgan fingerprint density at radius 1 is 0.396 bits per heavy atom. The Morgan fingerprint density at radius 2 is 0.906 bits per heavy atom. The molecule has 1 aliphatic carbocycles. The first-order valence-corrected chi connectivity index (χ1v) is 18.0. The summed E-state index contributed by atoms with van der Waals surface area (Å²) in [6, 6.07) is 58.8. The second-order valence-corrected chi connectivity index (χ2v) is 14.2. The quantitative estimate of drug-likeness (QED) is 0.181. The smallest absolute Gasteiger partial charge is 0.178 e. The summed E-state index contributed by atoms with van der Waals surface area (Å²) in [7, 11) is 0. The maximum absolute atomic E-state index is 6.79. The van der Waals surface area contributed by atoms with Crippen LogP contribution < -0.4 is 9.47 Å². The second-order valence-electron chi connectivity index (χ2n) is 14.2. The predicted molar refractivity (Wildman–Crippen MR) is 213 cm³/mol. The van der Waals surface area contributed by atoms with E-state index in [-0.39, 0.29) is 5.41 Å². The van der Waals surface area contributed by atoms with Crippen molar-refractivity contribution >= 4 is 0 Å². The minimum absolute atomic E-state index is 0.143. The molecule has 0 saturated heterocycles. The van der Waals surface area contributed by atoms with E-state index in [2.05, 4.69) is 147 Å². The lowest BCUT2D eigenvalue weighted by atomic mass is 9.82. The standard InChI is InChI=1S/C49H34N2O2/c1-49(2)39-16-10-9-15-38(39)46-40(49)26-28-44-47(46)53-45-29-37(25-27-43(45)52-44)48-50-41(35-21-17-33(18-22-35)31-11-5-3-6-12-31)30-42(51-48)36-23-19-34(20-24-36)32-13-7-4-8-14-32/h3-30H,1-2H3. The van der Waals surface area contributed by atoms with Gasteiger partial charge in [-0.3, -0.25) is 0 Å². The van der Waals surface area contributed by atoms with Gasteiger partial charge in [0.15, 0.2) is 28.8 Å². The van der Waals surface area contributed by atoms with Gasteiger partial charge in [0.2, 0.25) is 0 Å². The van der Waals surface area contributed by atoms with E-state index in [1.54, 1.807) is 0 Å². The maximum Gasteiger partial charge on any atom is 0.178 e. The third kappa shape index (κ3) is 5.30. The number of ether oxygens (including phenoxy) is 2. The van der Waals surface area contributed by atoms with Crippen molar-refractivity contribution in [2.45, 2.75) is 19.3 Å². The molecule has 0 radical (unpaired) electrons. The highest BCUT2D eigenvalue weighted by atomic mass is 16.6. The van der Waals surface area contributed by atoms with Crippen LogP contribution in [0.25, 0.3) is 67.3 Å². The van der Waals surface area contributed by atoms with Crippen LogP contribution in [0.1, 0.15) is 25.0 Å². The van der Waals surface area contributed by atoms with Crippen molar-refractivity contribution in [1.82, 2.24) is 9.97 Å². The van der Waals surface area contributed by atoms with Gasteiger partial charge < -0.3 is 9.47 Å². The number of aromatic nitrogens is 2. The monoisotopic (exact) mass is 682 g/mol. The third-order valence-electron chi connectivity index (χ3n) is 10.6. The fourth-order valence-electron chi connectivity index (χ4n) is 7.76. The molecule has 2 aliphatic rings. The van der Waals surface area contributed by atoms with Crippen LogP contribution in [0.3, 0.4) is 0 Å². The molecule has 1 aromatic heterocycles. The van der Waals surface area contributed by atoms with Crippen LogP contribution >= 0.6 is 0 Å². The number of nitrogens with zero attached hydrogens (tertiary/aromatic N) is 2. The Bertz CT molecular complexity index is 2560. The number of benzene rings is 7. The minimum atomic E-state index is -0.143. The number of hydrogen-bond acceptors (Lipinski definition) is 4. The third-order valence-corrected chi connectivity index (χ3v) is 10.6. The summed E-state index contributed by atoms with van der Waals surface area (Å²) in [5.41, 5.74) is 13.9. The second kappa shape index (κ2) is 12.2. The van der Waals surface area contributed by atoms with Crippen LogP contribution in [-0.4, -0.2) is 9.97 Å². The highest BCUT2D eigenvalue weighted by molar-refractivity contribution is 5.88. The summed E-state index contributed by atoms with van der Waals surface area (Å²) in [6.45, 7) is 4.54. The maximum atomic E-state index is 6.79. The molecule has 4 nitrogen and oxygen atoms in total. The molecule has 0 spiro atoms. The van der Waals surface area contributed by atoms with Gasteiger partial charge in [0.1, 0.15) is 0 Å². The molecular weight excluding hydrogens is 649 g/mol. The van der Waals surface area contributed by atoms with E-state index in [9.17, 15) is 0 Å². The Labute approximate surface area is 309 Å². The van der Waals surface area contributed by atoms with E-state index in [1.807, 2.05) is 36.4 Å². The Hall–Kier alpha value is -6.78. The van der Waals surface area contributed by atoms with Crippen LogP contribution in [0.4, 0.5) is 0 Å². The molecule has 10 rings (SSSR count). The molecule has 1 aliphatic heterocycles. The average Bonchev–Trinajstić information content (AvgIpc) is 3.46. The van der Waals surface area contributed by atoms with Gasteiger partial charge in [-0.05, 0) is 69.3 Å². The van der Waals surface area contributed by atoms with Gasteiger partial charge in [0.25, 0.3) is 0 Å². The van der Waals surface area contributed by atoms with E-state index < -0.39 is 0 Å². The van der Waals surface area contributed by atoms with Crippen molar-refractivity contribution in [3.05, 3.63) is 181 Å². The van der Waals surface area contributed by atoms with Crippen LogP contribution in [0.2, 0.25) is 0 Å². The molecule has 2 heterocycles. The molecule has 8 aromatic rings. The van der Waals surface area contributed by atoms with Crippen LogP contribution in [0.5, 0.6) is 23.0 Å². The van der Waals surface area contributed by atoms with E-state index in [1.165, 1.54) is 27.8 Å². The van der Waals surface area contributed by atoms with Crippen molar-refractivity contribution in [3.63, 3.8) is 0 Å². The zero-order valence-corrected chi connectivity index (χ0v) is 29.4. The summed E-state index contributed by atoms with van der Waals surface area (Å²) in [5, 5.41) is 0. The summed E-state index contributed by atoms with van der Waals surface area (Å²) in [6.07, 6.45) is 0. The lowest BCUT2D eigenvalue weighted by Gasteiger charge is -2.25. The van der Waals surface area contributed by atoms with Crippen molar-refractivity contribution in [3.8, 4) is 90.3 Å². The zero-order chi connectivity index (χ0) is 35.5. The van der Waals surface area contributed by atoms with Crippen LogP contribution in [-0.2, 0) is 5.41 Å². The summed E-state index contributed by atoms with van der Waals surface area (Å²) >= 11 is 0. The molecular formula is C49H34N2O2. The zero-order valence-electron chi connectivity index (χ0n) is 29.4. The summed E-state index contributed by atoms with van der Waals surface area (Å²) < 4.78 is 13.3. The molecule has 0 amide bonds. The van der Waals surface area contributed by atoms with Crippen molar-refractivity contribution in [2.75, 3.05) is 0 Å². The topological polar surface area (TPSA) is 44.2 Å². The van der Waals surface area contributed by atoms with Gasteiger partial charge in [-0.15, -0.1) is 0 Å². The van der Waals surface area contributed by atoms with Gasteiger partial charge >= 0.3 is 0 Å². The van der Waals surface area contributed by atoms with Crippen molar-refractivity contribution < 1.29 is 9.47 Å². The number of fused-ring (bicyclic) bond motifs is 6. The highest BCUT2D eigenvalue weighted by Crippen LogP contribution is 2.58. The van der Waals surface area contributed by atoms with E-state index >= 15 is 0 Å². The molecule has 4 heteroatoms. The van der Waals surface area contributed by atoms with Gasteiger partial charge in [-0.2, -0.15) is 0 Å². The largest absolute Gasteiger partial charge is 0.449 e. The molecule has 0 N–H and O–H groups in total. The Balaban J connectivity index is 1.06. The normalized spacial score (nSPS) is 13.2. The molecule has 0 bridgehead atoms. The molecule has 0 fully saturated rings. The van der Waals surface area contributed by atoms with Gasteiger partial charge in [0.05, 0.1) is 11.4 Å². The molecule has 7 aromatic carbocycles. The van der Waals surface area contributed by atoms with Crippen LogP contribution in [0.15, 0.2) is 170 Å². The first-order chi connectivity index (χ1) is 26.0. The fraction of sp³-hybridized carbons (Fsp3) is 0.0612. The van der Waals surface area contributed by atoms with Gasteiger partial charge in [0, 0.05) is 27.7 Å². The summed E-state index contributed by atoms with van der Waals surface area (Å²) in [4.78, 5) is 10.3. The first-order valence-electron chi connectivity index (χ1n) is 18.0. The SMILES string of the molecule is CC1(C)c2ccccc2-c2c1ccc1c2Oc2cc(-c3nc(-c4ccc(-c5ccccc5)cc4)cc(-c4ccc(-c5ccccc5)cc4)n3)ccc2O1. The molecule has 0 saturated carbocycles. The lowest BCUT2D eigenvalue weighted by Crippen LogP contribution is -2.15. The first kappa shape index (κ1) is 31.0. The average molecular weight is 683 g/mol. The minimum Gasteiger partial charge on any atom is -0.449 e. The molecule has 53 heavy (non-hydrogen) atoms. The molecule has 0 unspecified atom stereocenters. The predicted octanol–water partition coefficient (Wildman–Crippen LogP) is 13.0. The Kier molecular flexibility index (Phi) is 7.12. The van der Waals surface area contributed by atoms with Crippen LogP contribution in [0, 0.1) is 0 Å². The van der Waals surface area contributed by atoms with Crippen molar-refractivity contribution in [2.24, 2.45) is 0 Å². The fourth-order valence-corrected chi connectivity index (χ4v) is 7.76. The Morgan fingerprint density at radius 3 is 1.53 bits per heavy atom. The van der Waals surface area contributed by atoms with Crippen molar-refractivity contribution in [1.29, 1.82) is 0 Å². The van der Waals surface area contributed by atoms with E-state index in [0.29, 0.717) is 17.3 Å². The van der Waals surface area contributed by atoms with E-state index in [4.69, 9.17) is 19.4 Å². The number of hydrogen-bond donors (Lipinski definition) is 0.